The number of aryl methyl sites for hydroxylation is 1. The molecule has 1 aliphatic heterocycles. The van der Waals surface area contributed by atoms with Crippen LogP contribution < -0.4 is 5.56 Å². The highest BCUT2D eigenvalue weighted by atomic mass is 16.4. The monoisotopic (exact) mass is 251 g/mol. The molecule has 2 rings (SSSR count). The maximum absolute atomic E-state index is 12.1. The maximum Gasteiger partial charge on any atom is 0.257 e. The molecular weight excluding hydrogens is 230 g/mol. The summed E-state index contributed by atoms with van der Waals surface area (Å²) in [7, 11) is 0. The SMILES string of the molecule is CC.CCc1c(C)nc2n(c1=O)CCC/C2=N/O. The minimum atomic E-state index is 0.00542. The van der Waals surface area contributed by atoms with Gasteiger partial charge in [-0.3, -0.25) is 9.36 Å². The number of rotatable bonds is 1. The van der Waals surface area contributed by atoms with Crippen LogP contribution in [0.2, 0.25) is 0 Å². The first-order valence-corrected chi connectivity index (χ1v) is 6.50. The fourth-order valence-electron chi connectivity index (χ4n) is 2.15. The van der Waals surface area contributed by atoms with Crippen LogP contribution in [0.1, 0.15) is 50.7 Å². The molecule has 0 fully saturated rings. The Labute approximate surface area is 107 Å². The lowest BCUT2D eigenvalue weighted by atomic mass is 10.1. The molecular formula is C13H21N3O2. The molecule has 0 aliphatic carbocycles. The van der Waals surface area contributed by atoms with E-state index in [0.29, 0.717) is 30.9 Å². The van der Waals surface area contributed by atoms with Gasteiger partial charge in [-0.2, -0.15) is 0 Å². The number of fused-ring (bicyclic) bond motifs is 1. The summed E-state index contributed by atoms with van der Waals surface area (Å²) in [5, 5.41) is 12.1. The second-order valence-corrected chi connectivity index (χ2v) is 3.96. The highest BCUT2D eigenvalue weighted by molar-refractivity contribution is 5.97. The van der Waals surface area contributed by atoms with Gasteiger partial charge in [0.15, 0.2) is 5.82 Å². The Kier molecular flexibility index (Phi) is 5.07. The van der Waals surface area contributed by atoms with Gasteiger partial charge in [0, 0.05) is 17.8 Å². The minimum Gasteiger partial charge on any atom is -0.411 e. The third-order valence-corrected chi connectivity index (χ3v) is 3.00. The second kappa shape index (κ2) is 6.33. The molecule has 1 aromatic heterocycles. The van der Waals surface area contributed by atoms with E-state index in [1.165, 1.54) is 0 Å². The summed E-state index contributed by atoms with van der Waals surface area (Å²) in [6.07, 6.45) is 2.18. The van der Waals surface area contributed by atoms with Gasteiger partial charge in [-0.1, -0.05) is 25.9 Å². The Hall–Kier alpha value is -1.65. The van der Waals surface area contributed by atoms with Gasteiger partial charge in [0.1, 0.15) is 5.71 Å². The molecule has 5 nitrogen and oxygen atoms in total. The normalized spacial score (nSPS) is 15.9. The van der Waals surface area contributed by atoms with E-state index < -0.39 is 0 Å². The number of aromatic nitrogens is 2. The van der Waals surface area contributed by atoms with E-state index in [0.717, 1.165) is 17.7 Å². The van der Waals surface area contributed by atoms with Gasteiger partial charge in [-0.25, -0.2) is 4.98 Å². The van der Waals surface area contributed by atoms with E-state index in [4.69, 9.17) is 5.21 Å². The molecule has 1 aliphatic rings. The van der Waals surface area contributed by atoms with Crippen molar-refractivity contribution in [2.45, 2.75) is 53.5 Å². The number of nitrogens with zero attached hydrogens (tertiary/aromatic N) is 3. The van der Waals surface area contributed by atoms with E-state index in [-0.39, 0.29) is 5.56 Å². The van der Waals surface area contributed by atoms with Crippen molar-refractivity contribution in [3.63, 3.8) is 0 Å². The summed E-state index contributed by atoms with van der Waals surface area (Å²) in [5.41, 5.74) is 2.00. The summed E-state index contributed by atoms with van der Waals surface area (Å²) in [6.45, 7) is 8.43. The zero-order valence-corrected chi connectivity index (χ0v) is 11.5. The fourth-order valence-corrected chi connectivity index (χ4v) is 2.15. The lowest BCUT2D eigenvalue weighted by molar-refractivity contribution is 0.315. The quantitative estimate of drug-likeness (QED) is 0.614. The molecule has 0 saturated heterocycles. The number of oxime groups is 1. The van der Waals surface area contributed by atoms with Crippen molar-refractivity contribution in [1.82, 2.24) is 9.55 Å². The highest BCUT2D eigenvalue weighted by Gasteiger charge is 2.21. The Bertz CT molecular complexity index is 504. The summed E-state index contributed by atoms with van der Waals surface area (Å²) in [6, 6.07) is 0. The molecule has 18 heavy (non-hydrogen) atoms. The van der Waals surface area contributed by atoms with Gasteiger partial charge >= 0.3 is 0 Å². The molecule has 0 radical (unpaired) electrons. The topological polar surface area (TPSA) is 67.5 Å². The van der Waals surface area contributed by atoms with Crippen LogP contribution in [0.5, 0.6) is 0 Å². The molecule has 0 amide bonds. The average molecular weight is 251 g/mol. The smallest absolute Gasteiger partial charge is 0.257 e. The van der Waals surface area contributed by atoms with Gasteiger partial charge in [-0.05, 0) is 26.2 Å². The maximum atomic E-state index is 12.1. The summed E-state index contributed by atoms with van der Waals surface area (Å²) < 4.78 is 1.62. The van der Waals surface area contributed by atoms with Crippen molar-refractivity contribution in [2.75, 3.05) is 0 Å². The second-order valence-electron chi connectivity index (χ2n) is 3.96. The molecule has 5 heteroatoms. The van der Waals surface area contributed by atoms with Crippen LogP contribution in [-0.2, 0) is 13.0 Å². The zero-order valence-electron chi connectivity index (χ0n) is 11.5. The predicted octanol–water partition coefficient (Wildman–Crippen LogP) is 2.11. The lowest BCUT2D eigenvalue weighted by Crippen LogP contribution is -2.34. The van der Waals surface area contributed by atoms with Crippen LogP contribution in [0.15, 0.2) is 9.95 Å². The fraction of sp³-hybridized carbons (Fsp3) is 0.615. The van der Waals surface area contributed by atoms with Crippen LogP contribution in [-0.4, -0.2) is 20.5 Å². The molecule has 0 bridgehead atoms. The molecule has 0 atom stereocenters. The number of hydrogen-bond donors (Lipinski definition) is 1. The van der Waals surface area contributed by atoms with Crippen LogP contribution in [0.4, 0.5) is 0 Å². The zero-order chi connectivity index (χ0) is 13.7. The Morgan fingerprint density at radius 2 is 2.11 bits per heavy atom. The van der Waals surface area contributed by atoms with Gasteiger partial charge in [0.2, 0.25) is 0 Å². The van der Waals surface area contributed by atoms with Crippen molar-refractivity contribution in [3.05, 3.63) is 27.4 Å². The predicted molar refractivity (Wildman–Crippen MR) is 71.5 cm³/mol. The van der Waals surface area contributed by atoms with Gasteiger partial charge in [0.25, 0.3) is 5.56 Å². The third-order valence-electron chi connectivity index (χ3n) is 3.00. The highest BCUT2D eigenvalue weighted by Crippen LogP contribution is 2.13. The van der Waals surface area contributed by atoms with Gasteiger partial charge in [0.05, 0.1) is 0 Å². The van der Waals surface area contributed by atoms with E-state index in [2.05, 4.69) is 10.1 Å². The van der Waals surface area contributed by atoms with Crippen LogP contribution in [0.3, 0.4) is 0 Å². The molecule has 2 heterocycles. The van der Waals surface area contributed by atoms with Crippen molar-refractivity contribution < 1.29 is 5.21 Å². The Balaban J connectivity index is 0.000000771. The van der Waals surface area contributed by atoms with Gasteiger partial charge < -0.3 is 5.21 Å². The van der Waals surface area contributed by atoms with E-state index in [1.807, 2.05) is 27.7 Å². The Morgan fingerprint density at radius 1 is 1.44 bits per heavy atom. The van der Waals surface area contributed by atoms with E-state index in [1.54, 1.807) is 4.57 Å². The molecule has 100 valence electrons. The molecule has 1 aromatic rings. The molecule has 0 aromatic carbocycles. The first-order chi connectivity index (χ1) is 8.69. The third kappa shape index (κ3) is 2.44. The summed E-state index contributed by atoms with van der Waals surface area (Å²) in [4.78, 5) is 16.5. The minimum absolute atomic E-state index is 0.00542. The summed E-state index contributed by atoms with van der Waals surface area (Å²) in [5.74, 6) is 0.522. The van der Waals surface area contributed by atoms with Gasteiger partial charge in [-0.15, -0.1) is 0 Å². The largest absolute Gasteiger partial charge is 0.411 e. The van der Waals surface area contributed by atoms with Crippen LogP contribution in [0, 0.1) is 6.92 Å². The first-order valence-electron chi connectivity index (χ1n) is 6.50. The lowest BCUT2D eigenvalue weighted by Gasteiger charge is -2.19. The first kappa shape index (κ1) is 14.4. The molecule has 0 saturated carbocycles. The average Bonchev–Trinajstić information content (AvgIpc) is 2.41. The van der Waals surface area contributed by atoms with Crippen molar-refractivity contribution in [3.8, 4) is 0 Å². The molecule has 0 unspecified atom stereocenters. The van der Waals surface area contributed by atoms with Crippen LogP contribution in [0.25, 0.3) is 0 Å². The van der Waals surface area contributed by atoms with Crippen molar-refractivity contribution in [2.24, 2.45) is 5.16 Å². The van der Waals surface area contributed by atoms with Crippen molar-refractivity contribution >= 4 is 5.71 Å². The summed E-state index contributed by atoms with van der Waals surface area (Å²) >= 11 is 0. The van der Waals surface area contributed by atoms with E-state index >= 15 is 0 Å². The van der Waals surface area contributed by atoms with E-state index in [9.17, 15) is 4.79 Å². The number of hydrogen-bond acceptors (Lipinski definition) is 4. The Morgan fingerprint density at radius 3 is 2.67 bits per heavy atom. The molecule has 1 N–H and O–H groups in total. The van der Waals surface area contributed by atoms with Crippen LogP contribution >= 0.6 is 0 Å². The molecule has 0 spiro atoms. The standard InChI is InChI=1S/C11H15N3O2.C2H6/c1-3-8-7(2)12-10-9(13-16)5-4-6-14(10)11(8)15;1-2/h16H,3-6H2,1-2H3;1-2H3/b13-9-;. The van der Waals surface area contributed by atoms with Crippen molar-refractivity contribution in [1.29, 1.82) is 0 Å².